The summed E-state index contributed by atoms with van der Waals surface area (Å²) < 4.78 is 45.9. The van der Waals surface area contributed by atoms with Crippen molar-refractivity contribution in [3.05, 3.63) is 104 Å². The van der Waals surface area contributed by atoms with Crippen LogP contribution in [0.5, 0.6) is 0 Å². The van der Waals surface area contributed by atoms with Gasteiger partial charge in [0, 0.05) is 34.2 Å². The van der Waals surface area contributed by atoms with Gasteiger partial charge < -0.3 is 10.2 Å². The van der Waals surface area contributed by atoms with Crippen molar-refractivity contribution in [1.82, 2.24) is 4.90 Å². The van der Waals surface area contributed by atoms with Crippen molar-refractivity contribution in [2.24, 2.45) is 5.41 Å². The molecule has 1 aliphatic rings. The van der Waals surface area contributed by atoms with Crippen LogP contribution < -0.4 is 0 Å². The molecule has 0 saturated carbocycles. The highest BCUT2D eigenvalue weighted by atomic mass is 35.5. The minimum absolute atomic E-state index is 0.00161. The quantitative estimate of drug-likeness (QED) is 0.282. The highest BCUT2D eigenvalue weighted by Gasteiger charge is 2.62. The number of likely N-dealkylation sites (tertiary alicyclic amines) is 1. The Kier molecular flexibility index (Phi) is 9.49. The Morgan fingerprint density at radius 1 is 1.07 bits per heavy atom. The molecule has 1 heterocycles. The van der Waals surface area contributed by atoms with Crippen molar-refractivity contribution in [2.45, 2.75) is 50.6 Å². The van der Waals surface area contributed by atoms with Gasteiger partial charge in [0.1, 0.15) is 22.9 Å². The lowest BCUT2D eigenvalue weighted by Crippen LogP contribution is -2.46. The van der Waals surface area contributed by atoms with Crippen LogP contribution in [0.4, 0.5) is 13.2 Å². The molecule has 43 heavy (non-hydrogen) atoms. The van der Waals surface area contributed by atoms with E-state index in [1.165, 1.54) is 36.4 Å². The highest BCUT2D eigenvalue weighted by Crippen LogP contribution is 2.56. The molecule has 1 aliphatic heterocycles. The summed E-state index contributed by atoms with van der Waals surface area (Å²) in [5, 5.41) is 30.9. The molecule has 5 nitrogen and oxygen atoms in total. The van der Waals surface area contributed by atoms with E-state index in [1.54, 1.807) is 4.90 Å². The zero-order valence-corrected chi connectivity index (χ0v) is 25.1. The number of carboxylic acid groups (broad SMARTS) is 1. The molecule has 1 saturated heterocycles. The van der Waals surface area contributed by atoms with Crippen LogP contribution in [0.15, 0.2) is 54.6 Å². The van der Waals surface area contributed by atoms with E-state index in [0.29, 0.717) is 6.42 Å². The number of benzene rings is 3. The van der Waals surface area contributed by atoms with E-state index < -0.39 is 64.4 Å². The molecule has 0 aromatic heterocycles. The van der Waals surface area contributed by atoms with Crippen LogP contribution in [-0.2, 0) is 5.41 Å². The first-order chi connectivity index (χ1) is 20.2. The monoisotopic (exact) mass is 628 g/mol. The average Bonchev–Trinajstić information content (AvgIpc) is 3.17. The molecule has 10 heteroatoms. The molecule has 0 bridgehead atoms. The highest BCUT2D eigenvalue weighted by molar-refractivity contribution is 6.31. The predicted octanol–water partition coefficient (Wildman–Crippen LogP) is 7.19. The number of carboxylic acids is 1. The van der Waals surface area contributed by atoms with Gasteiger partial charge in [-0.1, -0.05) is 74.0 Å². The molecule has 0 aliphatic carbocycles. The van der Waals surface area contributed by atoms with E-state index in [4.69, 9.17) is 28.3 Å². The van der Waals surface area contributed by atoms with Crippen molar-refractivity contribution in [3.63, 3.8) is 0 Å². The molecule has 1 fully saturated rings. The van der Waals surface area contributed by atoms with E-state index in [2.05, 4.69) is 17.9 Å². The summed E-state index contributed by atoms with van der Waals surface area (Å²) in [5.41, 5.74) is -2.38. The minimum atomic E-state index is -1.72. The molecule has 4 rings (SSSR count). The Bertz CT molecular complexity index is 1660. The van der Waals surface area contributed by atoms with Crippen molar-refractivity contribution >= 4 is 29.2 Å². The van der Waals surface area contributed by atoms with Gasteiger partial charge in [0.15, 0.2) is 0 Å². The zero-order valence-electron chi connectivity index (χ0n) is 23.6. The van der Waals surface area contributed by atoms with Gasteiger partial charge in [-0.25, -0.2) is 18.0 Å². The maximum Gasteiger partial charge on any atom is 0.338 e. The standard InChI is InChI=1S/C33H29Cl2F3N2O3/c1-32(2,3)16-28-33(18-39,23-12-10-20(34)15-26(23)37)29(22-7-4-8-24(35)30(22)38)27(17-41)40(28)13-5-6-19-9-11-21(31(42)43)25(36)14-19/h4,7-12,14-15,27-29,41H,13,16-17H2,1-3H3,(H,42,43)/t27-,28-,29-,33-/m0/s1. The molecular weight excluding hydrogens is 600 g/mol. The molecule has 2 N–H and O–H groups in total. The maximum atomic E-state index is 15.8. The summed E-state index contributed by atoms with van der Waals surface area (Å²) in [6, 6.07) is 12.5. The van der Waals surface area contributed by atoms with Crippen LogP contribution in [0.25, 0.3) is 0 Å². The fourth-order valence-corrected chi connectivity index (χ4v) is 6.42. The fraction of sp³-hybridized carbons (Fsp3) is 0.333. The summed E-state index contributed by atoms with van der Waals surface area (Å²) >= 11 is 12.3. The smallest absolute Gasteiger partial charge is 0.338 e. The third-order valence-electron chi connectivity index (χ3n) is 7.79. The topological polar surface area (TPSA) is 84.6 Å². The molecule has 3 aromatic carbocycles. The Balaban J connectivity index is 1.95. The lowest BCUT2D eigenvalue weighted by Gasteiger charge is -2.39. The lowest BCUT2D eigenvalue weighted by molar-refractivity contribution is 0.0692. The van der Waals surface area contributed by atoms with Gasteiger partial charge in [-0.05, 0) is 53.8 Å². The van der Waals surface area contributed by atoms with E-state index in [9.17, 15) is 19.6 Å². The van der Waals surface area contributed by atoms with Gasteiger partial charge >= 0.3 is 5.97 Å². The Morgan fingerprint density at radius 3 is 2.37 bits per heavy atom. The van der Waals surface area contributed by atoms with Crippen molar-refractivity contribution in [3.8, 4) is 17.9 Å². The van der Waals surface area contributed by atoms with Crippen LogP contribution in [0.3, 0.4) is 0 Å². The van der Waals surface area contributed by atoms with Crippen LogP contribution in [0, 0.1) is 46.0 Å². The number of nitrogens with zero attached hydrogens (tertiary/aromatic N) is 2. The second-order valence-electron chi connectivity index (χ2n) is 11.7. The first-order valence-corrected chi connectivity index (χ1v) is 14.2. The molecule has 3 aromatic rings. The maximum absolute atomic E-state index is 15.8. The first kappa shape index (κ1) is 32.4. The number of nitriles is 1. The van der Waals surface area contributed by atoms with E-state index in [-0.39, 0.29) is 33.3 Å². The lowest BCUT2D eigenvalue weighted by atomic mass is 9.62. The number of hydrogen-bond donors (Lipinski definition) is 2. The van der Waals surface area contributed by atoms with Gasteiger partial charge in [-0.2, -0.15) is 5.26 Å². The number of halogens is 5. The van der Waals surface area contributed by atoms with Crippen molar-refractivity contribution in [1.29, 1.82) is 5.26 Å². The minimum Gasteiger partial charge on any atom is -0.478 e. The van der Waals surface area contributed by atoms with Crippen molar-refractivity contribution in [2.75, 3.05) is 13.2 Å². The Morgan fingerprint density at radius 2 is 1.79 bits per heavy atom. The molecule has 0 spiro atoms. The molecule has 0 amide bonds. The largest absolute Gasteiger partial charge is 0.478 e. The summed E-state index contributed by atoms with van der Waals surface area (Å²) in [6.45, 7) is 5.26. The normalized spacial score (nSPS) is 22.1. The molecule has 0 unspecified atom stereocenters. The van der Waals surface area contributed by atoms with E-state index in [1.807, 2.05) is 20.8 Å². The average molecular weight is 630 g/mol. The van der Waals surface area contributed by atoms with Gasteiger partial charge in [0.2, 0.25) is 0 Å². The molecule has 0 radical (unpaired) electrons. The first-order valence-electron chi connectivity index (χ1n) is 13.4. The van der Waals surface area contributed by atoms with E-state index >= 15 is 8.78 Å². The molecule has 4 atom stereocenters. The van der Waals surface area contributed by atoms with Gasteiger partial charge in [-0.3, -0.25) is 4.90 Å². The second kappa shape index (κ2) is 12.6. The molecular formula is C33H29Cl2F3N2O3. The summed E-state index contributed by atoms with van der Waals surface area (Å²) in [5.74, 6) is 0.778. The summed E-state index contributed by atoms with van der Waals surface area (Å²) in [6.07, 6.45) is 0.321. The SMILES string of the molecule is CC(C)(C)C[C@@H]1N(CC#Cc2ccc(C(=O)O)c(F)c2)[C@@H](CO)[C@H](c2cccc(Cl)c2F)[C@@]1(C#N)c1ccc(Cl)cc1F. The van der Waals surface area contributed by atoms with Crippen molar-refractivity contribution < 1.29 is 28.2 Å². The van der Waals surface area contributed by atoms with Crippen LogP contribution in [0.2, 0.25) is 10.0 Å². The number of carbonyl (C=O) groups is 1. The third-order valence-corrected chi connectivity index (χ3v) is 8.32. The van der Waals surface area contributed by atoms with Crippen LogP contribution in [0.1, 0.15) is 60.2 Å². The third kappa shape index (κ3) is 6.25. The zero-order chi connectivity index (χ0) is 31.7. The number of aliphatic hydroxyl groups excluding tert-OH is 1. The predicted molar refractivity (Wildman–Crippen MR) is 159 cm³/mol. The number of aliphatic hydroxyl groups is 1. The summed E-state index contributed by atoms with van der Waals surface area (Å²) in [7, 11) is 0. The van der Waals surface area contributed by atoms with Crippen LogP contribution in [-0.4, -0.2) is 46.3 Å². The number of rotatable bonds is 6. The number of hydrogen-bond acceptors (Lipinski definition) is 4. The Hall–Kier alpha value is -3.53. The van der Waals surface area contributed by atoms with Gasteiger partial charge in [0.05, 0.1) is 29.8 Å². The van der Waals surface area contributed by atoms with Gasteiger partial charge in [0.25, 0.3) is 0 Å². The summed E-state index contributed by atoms with van der Waals surface area (Å²) in [4.78, 5) is 12.9. The second-order valence-corrected chi connectivity index (χ2v) is 12.6. The van der Waals surface area contributed by atoms with Gasteiger partial charge in [-0.15, -0.1) is 0 Å². The number of aromatic carboxylic acids is 1. The molecule has 224 valence electrons. The fourth-order valence-electron chi connectivity index (χ4n) is 6.08. The van der Waals surface area contributed by atoms with E-state index in [0.717, 1.165) is 18.2 Å². The Labute approximate surface area is 258 Å². The van der Waals surface area contributed by atoms with Crippen LogP contribution >= 0.6 is 23.2 Å².